The van der Waals surface area contributed by atoms with Crippen LogP contribution >= 0.6 is 0 Å². The van der Waals surface area contributed by atoms with Crippen LogP contribution in [0, 0.1) is 0 Å². The molecular weight excluding hydrogens is 408 g/mol. The maximum absolute atomic E-state index is 12.6. The number of nitrogens with one attached hydrogen (secondary N) is 2. The number of nitrogens with zero attached hydrogens (tertiary/aromatic N) is 1. The van der Waals surface area contributed by atoms with Gasteiger partial charge < -0.3 is 20.3 Å². The molecule has 160 valence electrons. The molecule has 3 rings (SSSR count). The fourth-order valence-electron chi connectivity index (χ4n) is 3.08. The van der Waals surface area contributed by atoms with Gasteiger partial charge in [-0.05, 0) is 36.8 Å². The van der Waals surface area contributed by atoms with Crippen molar-refractivity contribution in [2.45, 2.75) is 24.3 Å². The van der Waals surface area contributed by atoms with Gasteiger partial charge in [0.2, 0.25) is 15.9 Å². The zero-order valence-corrected chi connectivity index (χ0v) is 17.3. The molecule has 2 aromatic rings. The third-order valence-electron chi connectivity index (χ3n) is 4.48. The highest BCUT2D eigenvalue weighted by molar-refractivity contribution is 7.89. The molecule has 0 aromatic heterocycles. The highest BCUT2D eigenvalue weighted by atomic mass is 32.2. The van der Waals surface area contributed by atoms with Crippen LogP contribution in [-0.2, 0) is 19.6 Å². The number of rotatable bonds is 7. The number of sulfonamides is 1. The SMILES string of the molecule is CCCNC(=O)[C@@H]1CN(CC(=O)Nc2cccc(S(N)(=O)=O)c2)c2ccccc2O1. The van der Waals surface area contributed by atoms with Crippen LogP contribution in [0.2, 0.25) is 0 Å². The fraction of sp³-hybridized carbons (Fsp3) is 0.300. The van der Waals surface area contributed by atoms with Crippen molar-refractivity contribution in [2.75, 3.05) is 29.9 Å². The first kappa shape index (κ1) is 21.6. The van der Waals surface area contributed by atoms with Crippen LogP contribution in [-0.4, -0.2) is 46.0 Å². The number of para-hydroxylation sites is 2. The number of nitrogens with two attached hydrogens (primary N) is 1. The molecule has 4 N–H and O–H groups in total. The zero-order valence-electron chi connectivity index (χ0n) is 16.5. The van der Waals surface area contributed by atoms with E-state index < -0.39 is 16.1 Å². The Morgan fingerprint density at radius 3 is 2.70 bits per heavy atom. The standard InChI is InChI=1S/C20H24N4O5S/c1-2-10-22-20(26)18-12-24(16-8-3-4-9-17(16)29-18)13-19(25)23-14-6-5-7-15(11-14)30(21,27)28/h3-9,11,18H,2,10,12-13H2,1H3,(H,22,26)(H,23,25)(H2,21,27,28)/t18-/m0/s1. The van der Waals surface area contributed by atoms with E-state index in [1.54, 1.807) is 23.1 Å². The molecule has 1 aliphatic heterocycles. The lowest BCUT2D eigenvalue weighted by atomic mass is 10.1. The monoisotopic (exact) mass is 432 g/mol. The molecule has 2 aromatic carbocycles. The van der Waals surface area contributed by atoms with E-state index >= 15 is 0 Å². The minimum atomic E-state index is -3.88. The molecule has 0 aliphatic carbocycles. The Morgan fingerprint density at radius 2 is 1.97 bits per heavy atom. The number of carbonyl (C=O) groups is 2. The van der Waals surface area contributed by atoms with Gasteiger partial charge in [-0.3, -0.25) is 9.59 Å². The third kappa shape index (κ3) is 5.28. The van der Waals surface area contributed by atoms with E-state index in [4.69, 9.17) is 9.88 Å². The summed E-state index contributed by atoms with van der Waals surface area (Å²) in [6.07, 6.45) is 0.0589. The minimum Gasteiger partial charge on any atom is -0.477 e. The number of anilines is 2. The Hall–Kier alpha value is -3.11. The summed E-state index contributed by atoms with van der Waals surface area (Å²) in [5.74, 6) is -0.0898. The molecule has 30 heavy (non-hydrogen) atoms. The van der Waals surface area contributed by atoms with Gasteiger partial charge in [0.05, 0.1) is 23.7 Å². The van der Waals surface area contributed by atoms with E-state index in [1.807, 2.05) is 19.1 Å². The number of fused-ring (bicyclic) bond motifs is 1. The highest BCUT2D eigenvalue weighted by Crippen LogP contribution is 2.33. The van der Waals surface area contributed by atoms with Crippen molar-refractivity contribution in [3.8, 4) is 5.75 Å². The molecule has 0 spiro atoms. The zero-order chi connectivity index (χ0) is 21.7. The summed E-state index contributed by atoms with van der Waals surface area (Å²) in [6, 6.07) is 12.9. The van der Waals surface area contributed by atoms with Gasteiger partial charge in [0.25, 0.3) is 5.91 Å². The number of hydrogen-bond donors (Lipinski definition) is 3. The summed E-state index contributed by atoms with van der Waals surface area (Å²) in [6.45, 7) is 2.66. The maximum Gasteiger partial charge on any atom is 0.262 e. The van der Waals surface area contributed by atoms with Gasteiger partial charge in [0.1, 0.15) is 5.75 Å². The van der Waals surface area contributed by atoms with Crippen molar-refractivity contribution < 1.29 is 22.7 Å². The molecule has 0 saturated carbocycles. The topological polar surface area (TPSA) is 131 Å². The maximum atomic E-state index is 12.6. The van der Waals surface area contributed by atoms with Crippen LogP contribution in [0.3, 0.4) is 0 Å². The predicted molar refractivity (Wildman–Crippen MR) is 113 cm³/mol. The van der Waals surface area contributed by atoms with Crippen LogP contribution < -0.4 is 25.4 Å². The van der Waals surface area contributed by atoms with E-state index in [2.05, 4.69) is 10.6 Å². The minimum absolute atomic E-state index is 0.0441. The smallest absolute Gasteiger partial charge is 0.262 e. The van der Waals surface area contributed by atoms with Gasteiger partial charge >= 0.3 is 0 Å². The Balaban J connectivity index is 1.74. The van der Waals surface area contributed by atoms with Gasteiger partial charge in [-0.1, -0.05) is 25.1 Å². The summed E-state index contributed by atoms with van der Waals surface area (Å²) < 4.78 is 28.8. The molecule has 1 aliphatic rings. The molecule has 9 nitrogen and oxygen atoms in total. The van der Waals surface area contributed by atoms with E-state index in [1.165, 1.54) is 18.2 Å². The summed E-state index contributed by atoms with van der Waals surface area (Å²) in [5, 5.41) is 10.6. The van der Waals surface area contributed by atoms with Gasteiger partial charge in [-0.2, -0.15) is 0 Å². The van der Waals surface area contributed by atoms with Crippen LogP contribution in [0.25, 0.3) is 0 Å². The normalized spacial score (nSPS) is 15.7. The van der Waals surface area contributed by atoms with Crippen molar-refractivity contribution in [1.82, 2.24) is 5.32 Å². The summed E-state index contributed by atoms with van der Waals surface area (Å²) >= 11 is 0. The number of amides is 2. The lowest BCUT2D eigenvalue weighted by Crippen LogP contribution is -2.50. The van der Waals surface area contributed by atoms with Crippen molar-refractivity contribution in [3.63, 3.8) is 0 Å². The summed E-state index contributed by atoms with van der Waals surface area (Å²) in [4.78, 5) is 26.7. The molecule has 0 radical (unpaired) electrons. The molecule has 2 amide bonds. The Kier molecular flexibility index (Phi) is 6.58. The third-order valence-corrected chi connectivity index (χ3v) is 5.39. The lowest BCUT2D eigenvalue weighted by Gasteiger charge is -2.35. The number of primary sulfonamides is 1. The number of hydrogen-bond acceptors (Lipinski definition) is 6. The first-order valence-corrected chi connectivity index (χ1v) is 11.0. The highest BCUT2D eigenvalue weighted by Gasteiger charge is 2.31. The first-order valence-electron chi connectivity index (χ1n) is 9.49. The number of benzene rings is 2. The Morgan fingerprint density at radius 1 is 1.20 bits per heavy atom. The largest absolute Gasteiger partial charge is 0.477 e. The molecule has 0 fully saturated rings. The second-order valence-electron chi connectivity index (χ2n) is 6.87. The van der Waals surface area contributed by atoms with E-state index in [0.717, 1.165) is 6.42 Å². The number of carbonyl (C=O) groups excluding carboxylic acids is 2. The molecule has 1 atom stereocenters. The van der Waals surface area contributed by atoms with Crippen LogP contribution in [0.15, 0.2) is 53.4 Å². The van der Waals surface area contributed by atoms with E-state index in [-0.39, 0.29) is 29.8 Å². The van der Waals surface area contributed by atoms with Gasteiger partial charge in [-0.25, -0.2) is 13.6 Å². The lowest BCUT2D eigenvalue weighted by molar-refractivity contribution is -0.128. The summed E-state index contributed by atoms with van der Waals surface area (Å²) in [7, 11) is -3.88. The number of ether oxygens (including phenoxy) is 1. The Bertz CT molecular complexity index is 1040. The van der Waals surface area contributed by atoms with Crippen molar-refractivity contribution in [2.24, 2.45) is 5.14 Å². The van der Waals surface area contributed by atoms with Crippen LogP contribution in [0.1, 0.15) is 13.3 Å². The molecule has 0 bridgehead atoms. The van der Waals surface area contributed by atoms with Gasteiger partial charge in [0, 0.05) is 12.2 Å². The quantitative estimate of drug-likeness (QED) is 0.600. The molecular formula is C20H24N4O5S. The summed E-state index contributed by atoms with van der Waals surface area (Å²) in [5.41, 5.74) is 1.01. The fourth-order valence-corrected chi connectivity index (χ4v) is 3.64. The average Bonchev–Trinajstić information content (AvgIpc) is 2.71. The average molecular weight is 433 g/mol. The van der Waals surface area contributed by atoms with Crippen LogP contribution in [0.5, 0.6) is 5.75 Å². The first-order chi connectivity index (χ1) is 14.3. The second kappa shape index (κ2) is 9.14. The Labute approximate surface area is 175 Å². The molecule has 1 heterocycles. The van der Waals surface area contributed by atoms with Gasteiger partial charge in [0.15, 0.2) is 6.10 Å². The van der Waals surface area contributed by atoms with E-state index in [9.17, 15) is 18.0 Å². The van der Waals surface area contributed by atoms with Crippen molar-refractivity contribution in [1.29, 1.82) is 0 Å². The van der Waals surface area contributed by atoms with E-state index in [0.29, 0.717) is 23.7 Å². The van der Waals surface area contributed by atoms with Gasteiger partial charge in [-0.15, -0.1) is 0 Å². The van der Waals surface area contributed by atoms with Crippen molar-refractivity contribution >= 4 is 33.2 Å². The second-order valence-corrected chi connectivity index (χ2v) is 8.43. The molecule has 0 unspecified atom stereocenters. The molecule has 0 saturated heterocycles. The predicted octanol–water partition coefficient (Wildman–Crippen LogP) is 1.07. The van der Waals surface area contributed by atoms with Crippen molar-refractivity contribution in [3.05, 3.63) is 48.5 Å². The van der Waals surface area contributed by atoms with Crippen LogP contribution in [0.4, 0.5) is 11.4 Å². The molecule has 10 heteroatoms.